The zero-order chi connectivity index (χ0) is 22.8. The van der Waals surface area contributed by atoms with Gasteiger partial charge in [-0.3, -0.25) is 5.32 Å². The number of carbonyl (C=O) groups excluding carboxylic acids is 1. The van der Waals surface area contributed by atoms with Crippen LogP contribution in [0.5, 0.6) is 5.75 Å². The molecule has 0 fully saturated rings. The van der Waals surface area contributed by atoms with E-state index < -0.39 is 6.03 Å². The van der Waals surface area contributed by atoms with E-state index in [1.54, 1.807) is 0 Å². The summed E-state index contributed by atoms with van der Waals surface area (Å²) >= 11 is 0. The van der Waals surface area contributed by atoms with E-state index in [9.17, 15) is 9.90 Å². The molecular weight excluding hydrogens is 404 g/mol. The summed E-state index contributed by atoms with van der Waals surface area (Å²) in [4.78, 5) is 27.8. The third kappa shape index (κ3) is 4.44. The Kier molecular flexibility index (Phi) is 5.59. The molecular formula is C24H24N6O2. The van der Waals surface area contributed by atoms with Crippen molar-refractivity contribution in [2.75, 3.05) is 29.6 Å². The van der Waals surface area contributed by atoms with Crippen molar-refractivity contribution in [3.63, 3.8) is 0 Å². The number of aryl methyl sites for hydroxylation is 2. The second-order valence-electron chi connectivity index (χ2n) is 7.77. The van der Waals surface area contributed by atoms with Gasteiger partial charge in [0, 0.05) is 31.0 Å². The zero-order valence-corrected chi connectivity index (χ0v) is 18.3. The maximum atomic E-state index is 12.4. The highest BCUT2D eigenvalue weighted by Crippen LogP contribution is 2.29. The molecule has 0 spiro atoms. The average molecular weight is 428 g/mol. The number of fused-ring (bicyclic) bond motifs is 1. The molecule has 4 aromatic rings. The number of pyridine rings is 1. The number of nitrogens with one attached hydrogen (secondary N) is 2. The fourth-order valence-electron chi connectivity index (χ4n) is 3.34. The predicted molar refractivity (Wildman–Crippen MR) is 127 cm³/mol. The van der Waals surface area contributed by atoms with Gasteiger partial charge in [0.15, 0.2) is 11.5 Å². The molecule has 32 heavy (non-hydrogen) atoms. The Morgan fingerprint density at radius 1 is 0.938 bits per heavy atom. The largest absolute Gasteiger partial charge is 0.507 e. The molecule has 0 unspecified atom stereocenters. The van der Waals surface area contributed by atoms with Crippen LogP contribution in [0.2, 0.25) is 0 Å². The normalized spacial score (nSPS) is 10.8. The quantitative estimate of drug-likeness (QED) is 0.434. The van der Waals surface area contributed by atoms with E-state index in [0.717, 1.165) is 22.4 Å². The lowest BCUT2D eigenvalue weighted by Gasteiger charge is -2.13. The van der Waals surface area contributed by atoms with Crippen LogP contribution in [0.15, 0.2) is 54.7 Å². The van der Waals surface area contributed by atoms with Gasteiger partial charge in [-0.25, -0.2) is 19.7 Å². The van der Waals surface area contributed by atoms with Gasteiger partial charge >= 0.3 is 6.03 Å². The van der Waals surface area contributed by atoms with Gasteiger partial charge in [0.25, 0.3) is 0 Å². The third-order valence-electron chi connectivity index (χ3n) is 5.08. The number of urea groups is 1. The van der Waals surface area contributed by atoms with Gasteiger partial charge < -0.3 is 15.3 Å². The number of hydrogen-bond donors (Lipinski definition) is 3. The minimum atomic E-state index is -0.419. The molecule has 2 aromatic carbocycles. The first kappa shape index (κ1) is 21.0. The Morgan fingerprint density at radius 3 is 2.28 bits per heavy atom. The van der Waals surface area contributed by atoms with Crippen LogP contribution in [0.4, 0.5) is 22.0 Å². The standard InChI is InChI=1S/C24H24N6O2/c1-14-11-16(12-15(2)22(14)31)19-9-10-20-23(27-19)28-21(13-25-20)29-24(32)26-17-5-7-18(8-6-17)30(3)4/h5-13,31H,1-4H3,(H2,26,27,28,29,32). The van der Waals surface area contributed by atoms with E-state index in [4.69, 9.17) is 0 Å². The highest BCUT2D eigenvalue weighted by atomic mass is 16.3. The lowest BCUT2D eigenvalue weighted by atomic mass is 10.0. The summed E-state index contributed by atoms with van der Waals surface area (Å²) in [6.07, 6.45) is 1.49. The van der Waals surface area contributed by atoms with Crippen LogP contribution < -0.4 is 15.5 Å². The van der Waals surface area contributed by atoms with Gasteiger partial charge in [-0.15, -0.1) is 0 Å². The molecule has 0 saturated heterocycles. The smallest absolute Gasteiger partial charge is 0.324 e. The number of amides is 2. The van der Waals surface area contributed by atoms with Crippen LogP contribution in [-0.2, 0) is 0 Å². The second-order valence-corrected chi connectivity index (χ2v) is 7.77. The summed E-state index contributed by atoms with van der Waals surface area (Å²) in [5.74, 6) is 0.575. The van der Waals surface area contributed by atoms with Crippen molar-refractivity contribution < 1.29 is 9.90 Å². The Balaban J connectivity index is 1.54. The van der Waals surface area contributed by atoms with Crippen molar-refractivity contribution in [2.45, 2.75) is 13.8 Å². The molecule has 2 heterocycles. The molecule has 0 aliphatic carbocycles. The first-order valence-corrected chi connectivity index (χ1v) is 10.1. The SMILES string of the molecule is Cc1cc(-c2ccc3ncc(NC(=O)Nc4ccc(N(C)C)cc4)nc3n2)cc(C)c1O. The number of carbonyl (C=O) groups is 1. The fourth-order valence-corrected chi connectivity index (χ4v) is 3.34. The molecule has 3 N–H and O–H groups in total. The van der Waals surface area contributed by atoms with E-state index in [1.165, 1.54) is 6.20 Å². The molecule has 0 radical (unpaired) electrons. The molecule has 2 aromatic heterocycles. The maximum absolute atomic E-state index is 12.4. The van der Waals surface area contributed by atoms with Crippen LogP contribution in [0, 0.1) is 13.8 Å². The molecule has 0 atom stereocenters. The van der Waals surface area contributed by atoms with E-state index in [-0.39, 0.29) is 5.75 Å². The number of nitrogens with zero attached hydrogens (tertiary/aromatic N) is 4. The van der Waals surface area contributed by atoms with Crippen molar-refractivity contribution in [1.82, 2.24) is 15.0 Å². The maximum Gasteiger partial charge on any atom is 0.324 e. The number of rotatable bonds is 4. The molecule has 0 aliphatic rings. The minimum Gasteiger partial charge on any atom is -0.507 e. The Morgan fingerprint density at radius 2 is 1.62 bits per heavy atom. The molecule has 0 aliphatic heterocycles. The topological polar surface area (TPSA) is 103 Å². The van der Waals surface area contributed by atoms with Crippen molar-refractivity contribution >= 4 is 34.4 Å². The van der Waals surface area contributed by atoms with Gasteiger partial charge in [0.1, 0.15) is 11.3 Å². The monoisotopic (exact) mass is 428 g/mol. The van der Waals surface area contributed by atoms with Gasteiger partial charge in [-0.2, -0.15) is 0 Å². The first-order valence-electron chi connectivity index (χ1n) is 10.1. The minimum absolute atomic E-state index is 0.281. The molecule has 8 nitrogen and oxygen atoms in total. The molecule has 4 rings (SSSR count). The lowest BCUT2D eigenvalue weighted by Crippen LogP contribution is -2.20. The number of phenols is 1. The molecule has 0 bridgehead atoms. The summed E-state index contributed by atoms with van der Waals surface area (Å²) in [5.41, 5.74) is 5.87. The van der Waals surface area contributed by atoms with E-state index in [1.807, 2.05) is 81.4 Å². The average Bonchev–Trinajstić information content (AvgIpc) is 2.77. The zero-order valence-electron chi connectivity index (χ0n) is 18.3. The van der Waals surface area contributed by atoms with Crippen molar-refractivity contribution in [1.29, 1.82) is 0 Å². The number of benzene rings is 2. The Hall–Kier alpha value is -4.20. The molecule has 162 valence electrons. The summed E-state index contributed by atoms with van der Waals surface area (Å²) in [7, 11) is 3.91. The summed E-state index contributed by atoms with van der Waals surface area (Å²) < 4.78 is 0. The number of anilines is 3. The van der Waals surface area contributed by atoms with Gasteiger partial charge in [-0.1, -0.05) is 0 Å². The number of phenolic OH excluding ortho intramolecular Hbond substituents is 1. The van der Waals surface area contributed by atoms with Crippen LogP contribution >= 0.6 is 0 Å². The van der Waals surface area contributed by atoms with Crippen LogP contribution in [-0.4, -0.2) is 40.2 Å². The van der Waals surface area contributed by atoms with Crippen molar-refractivity contribution in [3.05, 3.63) is 65.9 Å². The summed E-state index contributed by atoms with van der Waals surface area (Å²) in [6.45, 7) is 3.70. The highest BCUT2D eigenvalue weighted by molar-refractivity contribution is 5.99. The summed E-state index contributed by atoms with van der Waals surface area (Å²) in [6, 6.07) is 14.5. The van der Waals surface area contributed by atoms with E-state index in [0.29, 0.717) is 28.4 Å². The number of aromatic hydroxyl groups is 1. The van der Waals surface area contributed by atoms with Crippen LogP contribution in [0.1, 0.15) is 11.1 Å². The number of aromatic nitrogens is 3. The molecule has 2 amide bonds. The van der Waals surface area contributed by atoms with Crippen LogP contribution in [0.25, 0.3) is 22.4 Å². The van der Waals surface area contributed by atoms with Gasteiger partial charge in [0.2, 0.25) is 0 Å². The molecule has 0 saturated carbocycles. The Bertz CT molecular complexity index is 1280. The Labute approximate surface area is 186 Å². The van der Waals surface area contributed by atoms with Crippen molar-refractivity contribution in [3.8, 4) is 17.0 Å². The fraction of sp³-hybridized carbons (Fsp3) is 0.167. The lowest BCUT2D eigenvalue weighted by molar-refractivity contribution is 0.262. The molecule has 8 heteroatoms. The number of hydrogen-bond acceptors (Lipinski definition) is 6. The van der Waals surface area contributed by atoms with Crippen LogP contribution in [0.3, 0.4) is 0 Å². The summed E-state index contributed by atoms with van der Waals surface area (Å²) in [5, 5.41) is 15.5. The van der Waals surface area contributed by atoms with Crippen molar-refractivity contribution in [2.24, 2.45) is 0 Å². The second kappa shape index (κ2) is 8.50. The van der Waals surface area contributed by atoms with E-state index in [2.05, 4.69) is 25.6 Å². The first-order chi connectivity index (χ1) is 15.3. The van der Waals surface area contributed by atoms with E-state index >= 15 is 0 Å². The third-order valence-corrected chi connectivity index (χ3v) is 5.08. The van der Waals surface area contributed by atoms with Gasteiger partial charge in [-0.05, 0) is 73.5 Å². The predicted octanol–water partition coefficient (Wildman–Crippen LogP) is 4.72. The highest BCUT2D eigenvalue weighted by Gasteiger charge is 2.10. The van der Waals surface area contributed by atoms with Gasteiger partial charge in [0.05, 0.1) is 11.9 Å².